The van der Waals surface area contributed by atoms with Gasteiger partial charge in [0.05, 0.1) is 6.61 Å². The Balaban J connectivity index is 1.73. The van der Waals surface area contributed by atoms with Gasteiger partial charge in [0.2, 0.25) is 11.7 Å². The normalized spacial score (nSPS) is 12.1. The van der Waals surface area contributed by atoms with Gasteiger partial charge in [0, 0.05) is 29.4 Å². The van der Waals surface area contributed by atoms with Crippen LogP contribution >= 0.6 is 0 Å². The lowest BCUT2D eigenvalue weighted by Gasteiger charge is -2.17. The zero-order valence-electron chi connectivity index (χ0n) is 20.7. The average Bonchev–Trinajstić information content (AvgIpc) is 3.34. The van der Waals surface area contributed by atoms with Crippen LogP contribution in [0.1, 0.15) is 50.4 Å². The lowest BCUT2D eigenvalue weighted by Crippen LogP contribution is -2.37. The highest BCUT2D eigenvalue weighted by atomic mass is 16.5. The van der Waals surface area contributed by atoms with Crippen LogP contribution in [0.25, 0.3) is 22.8 Å². The first-order chi connectivity index (χ1) is 16.8. The largest absolute Gasteiger partial charge is 0.493 e. The van der Waals surface area contributed by atoms with Gasteiger partial charge in [0.15, 0.2) is 0 Å². The molecule has 0 aliphatic carbocycles. The van der Waals surface area contributed by atoms with Gasteiger partial charge in [0.25, 0.3) is 5.89 Å². The number of amides is 1. The first-order valence-corrected chi connectivity index (χ1v) is 11.9. The molecule has 0 fully saturated rings. The third kappa shape index (κ3) is 7.34. The van der Waals surface area contributed by atoms with Crippen molar-refractivity contribution < 1.29 is 24.3 Å². The number of hydrogen-bond donors (Lipinski definition) is 3. The third-order valence-corrected chi connectivity index (χ3v) is 5.57. The maximum absolute atomic E-state index is 11.2. The molecule has 2 aromatic heterocycles. The van der Waals surface area contributed by atoms with Crippen LogP contribution in [0.5, 0.6) is 5.75 Å². The third-order valence-electron chi connectivity index (χ3n) is 5.57. The van der Waals surface area contributed by atoms with E-state index in [4.69, 9.17) is 14.4 Å². The Morgan fingerprint density at radius 3 is 2.71 bits per heavy atom. The zero-order chi connectivity index (χ0) is 25.4. The predicted molar refractivity (Wildman–Crippen MR) is 132 cm³/mol. The van der Waals surface area contributed by atoms with Crippen LogP contribution in [0.2, 0.25) is 0 Å². The smallest absolute Gasteiger partial charge is 0.258 e. The fraction of sp³-hybridized carbons (Fsp3) is 0.462. The molecule has 0 radical (unpaired) electrons. The standard InChI is InChI=1S/C26H34N4O5/c1-5-18-13-20(12-17(4)24(18)34-11-9-22(32)28-23(33)15-31)25-29-26(35-30-25)19-8-10-27-21(14-19)7-6-16(2)3/h8,10,12-14,16,22,31-32H,5-7,9,11,15H2,1-4H3,(H,28,33)/t22-/m0/s1. The summed E-state index contributed by atoms with van der Waals surface area (Å²) in [6, 6.07) is 7.78. The van der Waals surface area contributed by atoms with Crippen LogP contribution in [-0.2, 0) is 17.6 Å². The quantitative estimate of drug-likeness (QED) is 0.335. The minimum Gasteiger partial charge on any atom is -0.493 e. The molecule has 0 bridgehead atoms. The van der Waals surface area contributed by atoms with Crippen LogP contribution in [-0.4, -0.2) is 50.7 Å². The van der Waals surface area contributed by atoms with Crippen molar-refractivity contribution in [2.45, 2.75) is 59.6 Å². The molecule has 2 heterocycles. The monoisotopic (exact) mass is 482 g/mol. The van der Waals surface area contributed by atoms with Gasteiger partial charge in [-0.15, -0.1) is 0 Å². The number of carbonyl (C=O) groups is 1. The zero-order valence-corrected chi connectivity index (χ0v) is 20.7. The Kier molecular flexibility index (Phi) is 9.33. The van der Waals surface area contributed by atoms with E-state index in [-0.39, 0.29) is 13.0 Å². The molecule has 3 aromatic rings. The second-order valence-electron chi connectivity index (χ2n) is 8.91. The SMILES string of the molecule is CCc1cc(-c2noc(-c3ccnc(CCC(C)C)c3)n2)cc(C)c1OCC[C@H](O)NC(=O)CO. The summed E-state index contributed by atoms with van der Waals surface area (Å²) in [5.74, 6) is 1.64. The van der Waals surface area contributed by atoms with E-state index in [1.807, 2.05) is 38.1 Å². The average molecular weight is 483 g/mol. The lowest BCUT2D eigenvalue weighted by atomic mass is 10.0. The number of ether oxygens (including phenoxy) is 1. The molecule has 0 saturated heterocycles. The van der Waals surface area contributed by atoms with E-state index in [1.165, 1.54) is 0 Å². The molecule has 35 heavy (non-hydrogen) atoms. The second kappa shape index (κ2) is 12.4. The number of aliphatic hydroxyl groups is 2. The highest BCUT2D eigenvalue weighted by Crippen LogP contribution is 2.31. The van der Waals surface area contributed by atoms with Gasteiger partial charge < -0.3 is 24.8 Å². The van der Waals surface area contributed by atoms with Gasteiger partial charge in [0.1, 0.15) is 18.6 Å². The van der Waals surface area contributed by atoms with Crippen molar-refractivity contribution >= 4 is 5.91 Å². The lowest BCUT2D eigenvalue weighted by molar-refractivity contribution is -0.127. The van der Waals surface area contributed by atoms with Gasteiger partial charge in [-0.1, -0.05) is 25.9 Å². The van der Waals surface area contributed by atoms with Crippen LogP contribution in [0, 0.1) is 12.8 Å². The van der Waals surface area contributed by atoms with Crippen LogP contribution in [0.3, 0.4) is 0 Å². The molecule has 188 valence electrons. The van der Waals surface area contributed by atoms with Gasteiger partial charge in [-0.05, 0) is 67.5 Å². The molecule has 1 atom stereocenters. The number of hydrogen-bond acceptors (Lipinski definition) is 8. The number of aliphatic hydroxyl groups excluding tert-OH is 2. The summed E-state index contributed by atoms with van der Waals surface area (Å²) in [5.41, 5.74) is 4.55. The molecule has 0 aliphatic heterocycles. The highest BCUT2D eigenvalue weighted by molar-refractivity contribution is 5.77. The van der Waals surface area contributed by atoms with Crippen LogP contribution in [0.15, 0.2) is 35.0 Å². The number of aromatic nitrogens is 3. The fourth-order valence-corrected chi connectivity index (χ4v) is 3.66. The van der Waals surface area contributed by atoms with Crippen molar-refractivity contribution in [2.75, 3.05) is 13.2 Å². The Morgan fingerprint density at radius 1 is 1.20 bits per heavy atom. The molecule has 3 rings (SSSR count). The number of carbonyl (C=O) groups excluding carboxylic acids is 1. The molecule has 9 heteroatoms. The summed E-state index contributed by atoms with van der Waals surface area (Å²) in [7, 11) is 0. The van der Waals surface area contributed by atoms with E-state index in [0.717, 1.165) is 53.0 Å². The Bertz CT molecular complexity index is 1130. The summed E-state index contributed by atoms with van der Waals surface area (Å²) in [6.07, 6.45) is 3.56. The topological polar surface area (TPSA) is 131 Å². The molecule has 1 amide bonds. The molecule has 0 saturated carbocycles. The number of benzene rings is 1. The molecular weight excluding hydrogens is 448 g/mol. The molecule has 9 nitrogen and oxygen atoms in total. The van der Waals surface area contributed by atoms with Crippen molar-refractivity contribution in [1.82, 2.24) is 20.4 Å². The summed E-state index contributed by atoms with van der Waals surface area (Å²) < 4.78 is 11.5. The molecule has 3 N–H and O–H groups in total. The van der Waals surface area contributed by atoms with Gasteiger partial charge in [-0.2, -0.15) is 4.98 Å². The van der Waals surface area contributed by atoms with Crippen molar-refractivity contribution in [2.24, 2.45) is 5.92 Å². The molecule has 0 aliphatic rings. The van der Waals surface area contributed by atoms with E-state index in [2.05, 4.69) is 34.3 Å². The summed E-state index contributed by atoms with van der Waals surface area (Å²) in [6.45, 7) is 7.88. The van der Waals surface area contributed by atoms with Crippen molar-refractivity contribution in [3.8, 4) is 28.6 Å². The number of nitrogens with zero attached hydrogens (tertiary/aromatic N) is 3. The fourth-order valence-electron chi connectivity index (χ4n) is 3.66. The van der Waals surface area contributed by atoms with E-state index in [0.29, 0.717) is 17.6 Å². The highest BCUT2D eigenvalue weighted by Gasteiger charge is 2.16. The maximum Gasteiger partial charge on any atom is 0.258 e. The van der Waals surface area contributed by atoms with E-state index >= 15 is 0 Å². The van der Waals surface area contributed by atoms with Crippen molar-refractivity contribution in [3.63, 3.8) is 0 Å². The van der Waals surface area contributed by atoms with E-state index in [9.17, 15) is 9.90 Å². The Hall–Kier alpha value is -3.30. The predicted octanol–water partition coefficient (Wildman–Crippen LogP) is 3.45. The number of pyridine rings is 1. The molecule has 0 spiro atoms. The van der Waals surface area contributed by atoms with Crippen molar-refractivity contribution in [3.05, 3.63) is 47.3 Å². The molecular formula is C26H34N4O5. The molecule has 1 aromatic carbocycles. The molecule has 0 unspecified atom stereocenters. The van der Waals surface area contributed by atoms with Crippen molar-refractivity contribution in [1.29, 1.82) is 0 Å². The van der Waals surface area contributed by atoms with Crippen LogP contribution < -0.4 is 10.1 Å². The minimum atomic E-state index is -1.09. The number of rotatable bonds is 12. The van der Waals surface area contributed by atoms with Crippen LogP contribution in [0.4, 0.5) is 0 Å². The first kappa shape index (κ1) is 26.3. The Labute approximate surface area is 205 Å². The minimum absolute atomic E-state index is 0.190. The van der Waals surface area contributed by atoms with E-state index in [1.54, 1.807) is 6.20 Å². The van der Waals surface area contributed by atoms with E-state index < -0.39 is 18.7 Å². The van der Waals surface area contributed by atoms with Gasteiger partial charge in [-0.3, -0.25) is 9.78 Å². The van der Waals surface area contributed by atoms with Gasteiger partial charge in [-0.25, -0.2) is 0 Å². The summed E-state index contributed by atoms with van der Waals surface area (Å²) in [4.78, 5) is 20.2. The second-order valence-corrected chi connectivity index (χ2v) is 8.91. The number of aryl methyl sites for hydroxylation is 3. The first-order valence-electron chi connectivity index (χ1n) is 11.9. The summed E-state index contributed by atoms with van der Waals surface area (Å²) >= 11 is 0. The maximum atomic E-state index is 11.2. The van der Waals surface area contributed by atoms with Gasteiger partial charge >= 0.3 is 0 Å². The number of nitrogens with one attached hydrogen (secondary N) is 1. The summed E-state index contributed by atoms with van der Waals surface area (Å²) in [5, 5.41) is 25.1. The Morgan fingerprint density at radius 2 is 2.00 bits per heavy atom.